The lowest BCUT2D eigenvalue weighted by atomic mass is 9.99. The molecule has 0 bridgehead atoms. The highest BCUT2D eigenvalue weighted by Crippen LogP contribution is 2.24. The van der Waals surface area contributed by atoms with Crippen molar-refractivity contribution in [3.8, 4) is 0 Å². The lowest BCUT2D eigenvalue weighted by Crippen LogP contribution is -2.26. The molecule has 3 heteroatoms. The summed E-state index contributed by atoms with van der Waals surface area (Å²) in [5, 5.41) is 0. The van der Waals surface area contributed by atoms with Gasteiger partial charge in [-0.25, -0.2) is 0 Å². The molecule has 1 rings (SSSR count). The van der Waals surface area contributed by atoms with E-state index in [0.717, 1.165) is 18.5 Å². The average Bonchev–Trinajstić information content (AvgIpc) is 2.09. The Morgan fingerprint density at radius 2 is 2.58 bits per heavy atom. The molecule has 0 saturated carbocycles. The Bertz CT molecular complexity index is 189. The minimum atomic E-state index is 0.183. The fourth-order valence-corrected chi connectivity index (χ4v) is 2.15. The zero-order chi connectivity index (χ0) is 8.97. The van der Waals surface area contributed by atoms with Gasteiger partial charge in [-0.05, 0) is 31.4 Å². The molecular formula is C9H14O2S. The van der Waals surface area contributed by atoms with Crippen LogP contribution in [0.15, 0.2) is 11.8 Å². The summed E-state index contributed by atoms with van der Waals surface area (Å²) in [5.41, 5.74) is 0. The SMILES string of the molecule is CSCC1CC=C(C=O)OC1C. The van der Waals surface area contributed by atoms with Gasteiger partial charge in [-0.3, -0.25) is 4.79 Å². The van der Waals surface area contributed by atoms with Crippen LogP contribution < -0.4 is 0 Å². The van der Waals surface area contributed by atoms with E-state index in [4.69, 9.17) is 4.74 Å². The van der Waals surface area contributed by atoms with E-state index in [-0.39, 0.29) is 6.10 Å². The van der Waals surface area contributed by atoms with Crippen LogP contribution in [0, 0.1) is 5.92 Å². The van der Waals surface area contributed by atoms with E-state index in [1.807, 2.05) is 24.8 Å². The van der Waals surface area contributed by atoms with E-state index in [0.29, 0.717) is 11.7 Å². The molecule has 0 aliphatic carbocycles. The molecule has 1 aliphatic rings. The van der Waals surface area contributed by atoms with Gasteiger partial charge in [-0.15, -0.1) is 0 Å². The number of carbonyl (C=O) groups is 1. The number of hydrogen-bond acceptors (Lipinski definition) is 3. The summed E-state index contributed by atoms with van der Waals surface area (Å²) in [6.45, 7) is 2.03. The molecule has 0 N–H and O–H groups in total. The van der Waals surface area contributed by atoms with Gasteiger partial charge in [0.25, 0.3) is 0 Å². The lowest BCUT2D eigenvalue weighted by Gasteiger charge is -2.27. The van der Waals surface area contributed by atoms with Gasteiger partial charge in [-0.1, -0.05) is 0 Å². The maximum absolute atomic E-state index is 10.4. The predicted molar refractivity (Wildman–Crippen MR) is 51.2 cm³/mol. The van der Waals surface area contributed by atoms with E-state index in [2.05, 4.69) is 6.26 Å². The summed E-state index contributed by atoms with van der Waals surface area (Å²) in [5.74, 6) is 2.16. The van der Waals surface area contributed by atoms with Crippen molar-refractivity contribution in [2.24, 2.45) is 5.92 Å². The van der Waals surface area contributed by atoms with Gasteiger partial charge in [-0.2, -0.15) is 11.8 Å². The molecule has 0 aromatic carbocycles. The molecule has 2 atom stereocenters. The fourth-order valence-electron chi connectivity index (χ4n) is 1.31. The Morgan fingerprint density at radius 1 is 1.83 bits per heavy atom. The smallest absolute Gasteiger partial charge is 0.184 e. The minimum absolute atomic E-state index is 0.183. The Hall–Kier alpha value is -0.440. The maximum atomic E-state index is 10.4. The van der Waals surface area contributed by atoms with Crippen LogP contribution in [-0.2, 0) is 9.53 Å². The minimum Gasteiger partial charge on any atom is -0.487 e. The third kappa shape index (κ3) is 2.27. The van der Waals surface area contributed by atoms with Crippen LogP contribution in [0.3, 0.4) is 0 Å². The Morgan fingerprint density at radius 3 is 3.08 bits per heavy atom. The van der Waals surface area contributed by atoms with Crippen molar-refractivity contribution in [2.75, 3.05) is 12.0 Å². The number of allylic oxidation sites excluding steroid dienone is 2. The zero-order valence-corrected chi connectivity index (χ0v) is 8.26. The molecule has 0 radical (unpaired) electrons. The summed E-state index contributed by atoms with van der Waals surface area (Å²) in [4.78, 5) is 10.4. The number of carbonyl (C=O) groups excluding carboxylic acids is 1. The van der Waals surface area contributed by atoms with E-state index < -0.39 is 0 Å². The molecule has 0 aromatic heterocycles. The van der Waals surface area contributed by atoms with Gasteiger partial charge >= 0.3 is 0 Å². The number of aldehydes is 1. The molecule has 0 aromatic rings. The maximum Gasteiger partial charge on any atom is 0.184 e. The lowest BCUT2D eigenvalue weighted by molar-refractivity contribution is -0.109. The van der Waals surface area contributed by atoms with Crippen molar-refractivity contribution in [2.45, 2.75) is 19.4 Å². The molecule has 1 heterocycles. The molecule has 2 nitrogen and oxygen atoms in total. The van der Waals surface area contributed by atoms with Gasteiger partial charge in [0.05, 0.1) is 6.10 Å². The van der Waals surface area contributed by atoms with E-state index >= 15 is 0 Å². The van der Waals surface area contributed by atoms with Crippen molar-refractivity contribution in [1.29, 1.82) is 0 Å². The predicted octanol–water partition coefficient (Wildman–Crippen LogP) is 1.86. The van der Waals surface area contributed by atoms with E-state index in [1.165, 1.54) is 0 Å². The van der Waals surface area contributed by atoms with E-state index in [9.17, 15) is 4.79 Å². The second-order valence-corrected chi connectivity index (χ2v) is 3.91. The normalized spacial score (nSPS) is 29.0. The molecule has 0 spiro atoms. The van der Waals surface area contributed by atoms with Crippen LogP contribution in [0.1, 0.15) is 13.3 Å². The quantitative estimate of drug-likeness (QED) is 0.629. The second-order valence-electron chi connectivity index (χ2n) is 3.00. The fraction of sp³-hybridized carbons (Fsp3) is 0.667. The van der Waals surface area contributed by atoms with Crippen molar-refractivity contribution in [1.82, 2.24) is 0 Å². The topological polar surface area (TPSA) is 26.3 Å². The first-order valence-electron chi connectivity index (χ1n) is 4.09. The first-order valence-corrected chi connectivity index (χ1v) is 5.48. The van der Waals surface area contributed by atoms with Crippen LogP contribution in [-0.4, -0.2) is 24.4 Å². The van der Waals surface area contributed by atoms with Crippen molar-refractivity contribution >= 4 is 18.0 Å². The molecule has 2 unspecified atom stereocenters. The van der Waals surface area contributed by atoms with Crippen LogP contribution in [0.4, 0.5) is 0 Å². The highest BCUT2D eigenvalue weighted by atomic mass is 32.2. The summed E-state index contributed by atoms with van der Waals surface area (Å²) in [6.07, 6.45) is 5.91. The summed E-state index contributed by atoms with van der Waals surface area (Å²) in [7, 11) is 0. The highest BCUT2D eigenvalue weighted by Gasteiger charge is 2.22. The number of hydrogen-bond donors (Lipinski definition) is 0. The second kappa shape index (κ2) is 4.55. The van der Waals surface area contributed by atoms with Crippen LogP contribution >= 0.6 is 11.8 Å². The summed E-state index contributed by atoms with van der Waals surface area (Å²) in [6, 6.07) is 0. The Balaban J connectivity index is 2.51. The summed E-state index contributed by atoms with van der Waals surface area (Å²) >= 11 is 1.82. The Kier molecular flexibility index (Phi) is 3.66. The molecule has 1 aliphatic heterocycles. The van der Waals surface area contributed by atoms with Gasteiger partial charge < -0.3 is 4.74 Å². The molecule has 12 heavy (non-hydrogen) atoms. The third-order valence-corrected chi connectivity index (χ3v) is 2.87. The first kappa shape index (κ1) is 9.65. The third-order valence-electron chi connectivity index (χ3n) is 2.10. The van der Waals surface area contributed by atoms with Gasteiger partial charge in [0, 0.05) is 5.92 Å². The van der Waals surface area contributed by atoms with Crippen LogP contribution in [0.25, 0.3) is 0 Å². The summed E-state index contributed by atoms with van der Waals surface area (Å²) < 4.78 is 5.38. The zero-order valence-electron chi connectivity index (χ0n) is 7.45. The largest absolute Gasteiger partial charge is 0.487 e. The number of ether oxygens (including phenoxy) is 1. The molecule has 68 valence electrons. The first-order chi connectivity index (χ1) is 5.77. The molecular weight excluding hydrogens is 172 g/mol. The van der Waals surface area contributed by atoms with Gasteiger partial charge in [0.2, 0.25) is 0 Å². The van der Waals surface area contributed by atoms with Gasteiger partial charge in [0.15, 0.2) is 12.0 Å². The van der Waals surface area contributed by atoms with E-state index in [1.54, 1.807) is 0 Å². The highest BCUT2D eigenvalue weighted by molar-refractivity contribution is 7.98. The van der Waals surface area contributed by atoms with Crippen molar-refractivity contribution < 1.29 is 9.53 Å². The van der Waals surface area contributed by atoms with Crippen molar-refractivity contribution in [3.05, 3.63) is 11.8 Å². The van der Waals surface area contributed by atoms with Crippen LogP contribution in [0.2, 0.25) is 0 Å². The molecule has 0 fully saturated rings. The molecule has 0 saturated heterocycles. The average molecular weight is 186 g/mol. The monoisotopic (exact) mass is 186 g/mol. The molecule has 0 amide bonds. The van der Waals surface area contributed by atoms with Crippen LogP contribution in [0.5, 0.6) is 0 Å². The number of thioether (sulfide) groups is 1. The standard InChI is InChI=1S/C9H14O2S/c1-7-8(6-12-2)3-4-9(5-10)11-7/h4-5,7-8H,3,6H2,1-2H3. The number of rotatable bonds is 3. The Labute approximate surface area is 77.4 Å². The van der Waals surface area contributed by atoms with Crippen molar-refractivity contribution in [3.63, 3.8) is 0 Å². The van der Waals surface area contributed by atoms with Gasteiger partial charge in [0.1, 0.15) is 0 Å².